The molecule has 1 atom stereocenters. The Morgan fingerprint density at radius 1 is 1.32 bits per heavy atom. The van der Waals surface area contributed by atoms with Gasteiger partial charge in [0.2, 0.25) is 5.91 Å². The third kappa shape index (κ3) is 5.52. The second-order valence-corrected chi connectivity index (χ2v) is 7.02. The molecule has 1 amide bonds. The van der Waals surface area contributed by atoms with Crippen molar-refractivity contribution >= 4 is 5.91 Å². The van der Waals surface area contributed by atoms with Crippen LogP contribution in [0.25, 0.3) is 0 Å². The molecule has 0 bridgehead atoms. The molecule has 3 nitrogen and oxygen atoms in total. The van der Waals surface area contributed by atoms with E-state index >= 15 is 0 Å². The molecule has 3 heteroatoms. The Hall–Kier alpha value is -0.570. The van der Waals surface area contributed by atoms with Gasteiger partial charge in [-0.1, -0.05) is 40.0 Å². The van der Waals surface area contributed by atoms with Gasteiger partial charge in [-0.3, -0.25) is 4.79 Å². The molecule has 0 saturated carbocycles. The Balaban J connectivity index is 2.35. The molecule has 19 heavy (non-hydrogen) atoms. The van der Waals surface area contributed by atoms with Crippen molar-refractivity contribution in [1.29, 1.82) is 0 Å². The van der Waals surface area contributed by atoms with Crippen LogP contribution in [0.5, 0.6) is 0 Å². The summed E-state index contributed by atoms with van der Waals surface area (Å²) in [6.07, 6.45) is 8.28. The molecule has 2 N–H and O–H groups in total. The number of rotatable bonds is 7. The number of carbonyl (C=O) groups excluding carboxylic acids is 1. The van der Waals surface area contributed by atoms with E-state index in [0.717, 1.165) is 25.9 Å². The highest BCUT2D eigenvalue weighted by molar-refractivity contribution is 5.86. The van der Waals surface area contributed by atoms with Crippen molar-refractivity contribution < 1.29 is 4.79 Å². The van der Waals surface area contributed by atoms with Crippen molar-refractivity contribution in [3.63, 3.8) is 0 Å². The van der Waals surface area contributed by atoms with Gasteiger partial charge in [-0.15, -0.1) is 0 Å². The summed E-state index contributed by atoms with van der Waals surface area (Å²) in [5.74, 6) is 0.177. The lowest BCUT2D eigenvalue weighted by Crippen LogP contribution is -2.57. The standard InChI is InChI=1S/C16H32N2O/c1-5-6-7-10-15(2,3)13-17-14(19)16(4)11-8-9-12-18-16/h18H,5-13H2,1-4H3,(H,17,19). The van der Waals surface area contributed by atoms with Crippen molar-refractivity contribution in [2.45, 2.75) is 78.2 Å². The van der Waals surface area contributed by atoms with Gasteiger partial charge in [0, 0.05) is 6.54 Å². The lowest BCUT2D eigenvalue weighted by molar-refractivity contribution is -0.128. The fourth-order valence-electron chi connectivity index (χ4n) is 2.71. The zero-order valence-electron chi connectivity index (χ0n) is 13.3. The number of piperidine rings is 1. The average Bonchev–Trinajstić information content (AvgIpc) is 2.37. The van der Waals surface area contributed by atoms with Gasteiger partial charge in [0.1, 0.15) is 0 Å². The summed E-state index contributed by atoms with van der Waals surface area (Å²) in [4.78, 5) is 12.3. The lowest BCUT2D eigenvalue weighted by Gasteiger charge is -2.35. The predicted molar refractivity (Wildman–Crippen MR) is 81.2 cm³/mol. The Morgan fingerprint density at radius 3 is 2.63 bits per heavy atom. The minimum Gasteiger partial charge on any atom is -0.354 e. The monoisotopic (exact) mass is 268 g/mol. The zero-order valence-corrected chi connectivity index (χ0v) is 13.3. The quantitative estimate of drug-likeness (QED) is 0.696. The number of amides is 1. The smallest absolute Gasteiger partial charge is 0.240 e. The van der Waals surface area contributed by atoms with Crippen LogP contribution in [0, 0.1) is 5.41 Å². The predicted octanol–water partition coefficient (Wildman–Crippen LogP) is 3.24. The van der Waals surface area contributed by atoms with E-state index in [2.05, 4.69) is 31.4 Å². The third-order valence-corrected chi connectivity index (χ3v) is 4.30. The summed E-state index contributed by atoms with van der Waals surface area (Å²) in [7, 11) is 0. The SMILES string of the molecule is CCCCCC(C)(C)CNC(=O)C1(C)CCCCN1. The van der Waals surface area contributed by atoms with Crippen molar-refractivity contribution in [2.75, 3.05) is 13.1 Å². The largest absolute Gasteiger partial charge is 0.354 e. The van der Waals surface area contributed by atoms with Crippen LogP contribution in [0.1, 0.15) is 72.6 Å². The highest BCUT2D eigenvalue weighted by atomic mass is 16.2. The van der Waals surface area contributed by atoms with Gasteiger partial charge in [-0.2, -0.15) is 0 Å². The molecular formula is C16H32N2O. The van der Waals surface area contributed by atoms with Crippen LogP contribution in [-0.4, -0.2) is 24.5 Å². The van der Waals surface area contributed by atoms with Gasteiger partial charge in [-0.05, 0) is 44.6 Å². The molecule has 1 fully saturated rings. The minimum absolute atomic E-state index is 0.177. The van der Waals surface area contributed by atoms with E-state index in [4.69, 9.17) is 0 Å². The van der Waals surface area contributed by atoms with Crippen LogP contribution in [0.3, 0.4) is 0 Å². The van der Waals surface area contributed by atoms with Crippen LogP contribution < -0.4 is 10.6 Å². The van der Waals surface area contributed by atoms with Gasteiger partial charge >= 0.3 is 0 Å². The summed E-state index contributed by atoms with van der Waals surface area (Å²) in [6.45, 7) is 10.5. The zero-order chi connectivity index (χ0) is 14.4. The molecule has 0 aromatic rings. The van der Waals surface area contributed by atoms with Crippen LogP contribution in [0.15, 0.2) is 0 Å². The van der Waals surface area contributed by atoms with Gasteiger partial charge in [0.05, 0.1) is 5.54 Å². The first-order valence-electron chi connectivity index (χ1n) is 7.93. The molecule has 1 unspecified atom stereocenters. The van der Waals surface area contributed by atoms with Crippen molar-refractivity contribution in [1.82, 2.24) is 10.6 Å². The van der Waals surface area contributed by atoms with Crippen LogP contribution in [0.2, 0.25) is 0 Å². The van der Waals surface area contributed by atoms with Gasteiger partial charge in [0.25, 0.3) is 0 Å². The maximum Gasteiger partial charge on any atom is 0.240 e. The van der Waals surface area contributed by atoms with Gasteiger partial charge in [0.15, 0.2) is 0 Å². The van der Waals surface area contributed by atoms with E-state index in [1.165, 1.54) is 32.1 Å². The molecule has 0 radical (unpaired) electrons. The maximum atomic E-state index is 12.3. The first-order valence-corrected chi connectivity index (χ1v) is 7.93. The topological polar surface area (TPSA) is 41.1 Å². The van der Waals surface area contributed by atoms with Crippen LogP contribution in [0.4, 0.5) is 0 Å². The molecule has 1 aliphatic rings. The number of hydrogen-bond acceptors (Lipinski definition) is 2. The first-order chi connectivity index (χ1) is 8.90. The normalized spacial score (nSPS) is 24.2. The highest BCUT2D eigenvalue weighted by Gasteiger charge is 2.34. The Morgan fingerprint density at radius 2 is 2.05 bits per heavy atom. The van der Waals surface area contributed by atoms with Crippen molar-refractivity contribution in [3.05, 3.63) is 0 Å². The molecule has 112 valence electrons. The van der Waals surface area contributed by atoms with Crippen molar-refractivity contribution in [2.24, 2.45) is 5.41 Å². The molecule has 1 heterocycles. The summed E-state index contributed by atoms with van der Waals surface area (Å²) in [5.41, 5.74) is -0.145. The maximum absolute atomic E-state index is 12.3. The Bertz CT molecular complexity index is 280. The molecule has 0 aromatic carbocycles. The van der Waals surface area contributed by atoms with E-state index in [0.29, 0.717) is 0 Å². The van der Waals surface area contributed by atoms with Crippen LogP contribution >= 0.6 is 0 Å². The molecule has 1 aliphatic heterocycles. The lowest BCUT2D eigenvalue weighted by atomic mass is 9.85. The number of unbranched alkanes of at least 4 members (excludes halogenated alkanes) is 2. The molecule has 0 aromatic heterocycles. The highest BCUT2D eigenvalue weighted by Crippen LogP contribution is 2.24. The van der Waals surface area contributed by atoms with Gasteiger partial charge in [-0.25, -0.2) is 0 Å². The Kier molecular flexibility index (Phi) is 6.31. The number of hydrogen-bond donors (Lipinski definition) is 2. The van der Waals surface area contributed by atoms with E-state index in [-0.39, 0.29) is 16.9 Å². The molecular weight excluding hydrogens is 236 g/mol. The first kappa shape index (κ1) is 16.5. The number of nitrogens with one attached hydrogen (secondary N) is 2. The van der Waals surface area contributed by atoms with Crippen LogP contribution in [-0.2, 0) is 4.79 Å². The Labute approximate surface area is 118 Å². The fraction of sp³-hybridized carbons (Fsp3) is 0.938. The van der Waals surface area contributed by atoms with E-state index in [9.17, 15) is 4.79 Å². The van der Waals surface area contributed by atoms with Gasteiger partial charge < -0.3 is 10.6 Å². The summed E-state index contributed by atoms with van der Waals surface area (Å²) in [5, 5.41) is 6.53. The second-order valence-electron chi connectivity index (χ2n) is 7.02. The van der Waals surface area contributed by atoms with E-state index in [1.54, 1.807) is 0 Å². The third-order valence-electron chi connectivity index (χ3n) is 4.30. The van der Waals surface area contributed by atoms with E-state index in [1.807, 2.05) is 6.92 Å². The summed E-state index contributed by atoms with van der Waals surface area (Å²) in [6, 6.07) is 0. The number of carbonyl (C=O) groups is 1. The van der Waals surface area contributed by atoms with Crippen molar-refractivity contribution in [3.8, 4) is 0 Å². The molecule has 1 rings (SSSR count). The van der Waals surface area contributed by atoms with E-state index < -0.39 is 0 Å². The molecule has 0 spiro atoms. The molecule has 1 saturated heterocycles. The molecule has 0 aliphatic carbocycles. The summed E-state index contributed by atoms with van der Waals surface area (Å²) >= 11 is 0. The summed E-state index contributed by atoms with van der Waals surface area (Å²) < 4.78 is 0. The second kappa shape index (κ2) is 7.28. The minimum atomic E-state index is -0.349. The average molecular weight is 268 g/mol. The fourth-order valence-corrected chi connectivity index (χ4v) is 2.71.